The first-order chi connectivity index (χ1) is 9.42. The maximum Gasteiger partial charge on any atom is 0.0178 e. The lowest BCUT2D eigenvalue weighted by Gasteiger charge is -2.26. The second kappa shape index (κ2) is 8.84. The Morgan fingerprint density at radius 1 is 1.15 bits per heavy atom. The van der Waals surface area contributed by atoms with Crippen molar-refractivity contribution >= 4 is 15.9 Å². The van der Waals surface area contributed by atoms with Gasteiger partial charge in [0.25, 0.3) is 0 Å². The molecule has 0 amide bonds. The summed E-state index contributed by atoms with van der Waals surface area (Å²) in [6, 6.07) is 8.79. The fourth-order valence-corrected chi connectivity index (χ4v) is 2.81. The first kappa shape index (κ1) is 17.7. The zero-order valence-corrected chi connectivity index (χ0v) is 15.1. The first-order valence-corrected chi connectivity index (χ1v) is 8.72. The van der Waals surface area contributed by atoms with Crippen molar-refractivity contribution in [3.8, 4) is 0 Å². The first-order valence-electron chi connectivity index (χ1n) is 7.93. The van der Waals surface area contributed by atoms with Crippen LogP contribution in [0.25, 0.3) is 0 Å². The summed E-state index contributed by atoms with van der Waals surface area (Å²) >= 11 is 3.59. The van der Waals surface area contributed by atoms with Gasteiger partial charge in [0, 0.05) is 16.6 Å². The van der Waals surface area contributed by atoms with E-state index in [0.717, 1.165) is 6.54 Å². The van der Waals surface area contributed by atoms with Gasteiger partial charge >= 0.3 is 0 Å². The van der Waals surface area contributed by atoms with Gasteiger partial charge in [0.15, 0.2) is 0 Å². The Balaban J connectivity index is 2.63. The predicted molar refractivity (Wildman–Crippen MR) is 93.4 cm³/mol. The van der Waals surface area contributed by atoms with Gasteiger partial charge in [0.1, 0.15) is 0 Å². The molecule has 0 saturated heterocycles. The maximum atomic E-state index is 3.67. The van der Waals surface area contributed by atoms with Crippen LogP contribution in [0.15, 0.2) is 28.7 Å². The van der Waals surface area contributed by atoms with Crippen LogP contribution < -0.4 is 5.32 Å². The molecule has 1 rings (SSSR count). The summed E-state index contributed by atoms with van der Waals surface area (Å²) in [4.78, 5) is 0. The molecular weight excluding hydrogens is 310 g/mol. The van der Waals surface area contributed by atoms with Crippen molar-refractivity contribution in [3.63, 3.8) is 0 Å². The lowest BCUT2D eigenvalue weighted by Crippen LogP contribution is -2.38. The van der Waals surface area contributed by atoms with Crippen molar-refractivity contribution < 1.29 is 0 Å². The molecule has 0 aliphatic rings. The molecule has 0 fully saturated rings. The lowest BCUT2D eigenvalue weighted by atomic mass is 9.92. The van der Waals surface area contributed by atoms with Crippen LogP contribution in [0.2, 0.25) is 0 Å². The molecule has 0 aliphatic heterocycles. The molecule has 114 valence electrons. The van der Waals surface area contributed by atoms with E-state index in [1.54, 1.807) is 0 Å². The number of unbranched alkanes of at least 4 members (excludes halogenated alkanes) is 3. The SMILES string of the molecule is CCCCCCC(CNC(C)(C)C)c1cccc(Br)c1. The van der Waals surface area contributed by atoms with Crippen LogP contribution in [0.1, 0.15) is 71.3 Å². The van der Waals surface area contributed by atoms with Crippen LogP contribution in [-0.4, -0.2) is 12.1 Å². The molecule has 1 aromatic rings. The van der Waals surface area contributed by atoms with Gasteiger partial charge in [-0.1, -0.05) is 60.7 Å². The van der Waals surface area contributed by atoms with Gasteiger partial charge in [0.2, 0.25) is 0 Å². The Hall–Kier alpha value is -0.340. The van der Waals surface area contributed by atoms with Crippen LogP contribution >= 0.6 is 15.9 Å². The molecule has 0 radical (unpaired) electrons. The second-order valence-electron chi connectivity index (χ2n) is 6.73. The third-order valence-electron chi connectivity index (χ3n) is 3.61. The normalized spacial score (nSPS) is 13.4. The summed E-state index contributed by atoms with van der Waals surface area (Å²) in [6.07, 6.45) is 6.63. The van der Waals surface area contributed by atoms with E-state index in [2.05, 4.69) is 73.2 Å². The summed E-state index contributed by atoms with van der Waals surface area (Å²) in [6.45, 7) is 10.0. The predicted octanol–water partition coefficient (Wildman–Crippen LogP) is 5.89. The number of nitrogens with one attached hydrogen (secondary N) is 1. The van der Waals surface area contributed by atoms with Crippen LogP contribution in [0.3, 0.4) is 0 Å². The number of halogens is 1. The molecule has 1 aromatic carbocycles. The second-order valence-corrected chi connectivity index (χ2v) is 7.65. The van der Waals surface area contributed by atoms with Crippen molar-refractivity contribution in [1.82, 2.24) is 5.32 Å². The average molecular weight is 340 g/mol. The van der Waals surface area contributed by atoms with Crippen molar-refractivity contribution in [2.45, 2.75) is 71.3 Å². The highest BCUT2D eigenvalue weighted by molar-refractivity contribution is 9.10. The van der Waals surface area contributed by atoms with Gasteiger partial charge in [-0.25, -0.2) is 0 Å². The number of hydrogen-bond acceptors (Lipinski definition) is 1. The number of rotatable bonds is 8. The van der Waals surface area contributed by atoms with E-state index in [-0.39, 0.29) is 5.54 Å². The van der Waals surface area contributed by atoms with Gasteiger partial charge in [-0.15, -0.1) is 0 Å². The molecule has 20 heavy (non-hydrogen) atoms. The summed E-state index contributed by atoms with van der Waals surface area (Å²) in [5.41, 5.74) is 1.64. The largest absolute Gasteiger partial charge is 0.311 e. The standard InChI is InChI=1S/C18H30BrN/c1-5-6-7-8-10-16(14-20-18(2,3)4)15-11-9-12-17(19)13-15/h9,11-13,16,20H,5-8,10,14H2,1-4H3. The molecule has 2 heteroatoms. The highest BCUT2D eigenvalue weighted by Crippen LogP contribution is 2.25. The molecule has 1 unspecified atom stereocenters. The number of hydrogen-bond donors (Lipinski definition) is 1. The Labute approximate surface area is 133 Å². The van der Waals surface area contributed by atoms with Crippen molar-refractivity contribution in [3.05, 3.63) is 34.3 Å². The quantitative estimate of drug-likeness (QED) is 0.582. The molecule has 0 heterocycles. The molecule has 0 bridgehead atoms. The van der Waals surface area contributed by atoms with Gasteiger partial charge in [-0.05, 0) is 50.8 Å². The van der Waals surface area contributed by atoms with Gasteiger partial charge in [0.05, 0.1) is 0 Å². The maximum absolute atomic E-state index is 3.67. The third-order valence-corrected chi connectivity index (χ3v) is 4.10. The zero-order valence-electron chi connectivity index (χ0n) is 13.5. The zero-order chi connectivity index (χ0) is 15.0. The van der Waals surface area contributed by atoms with E-state index >= 15 is 0 Å². The summed E-state index contributed by atoms with van der Waals surface area (Å²) in [7, 11) is 0. The van der Waals surface area contributed by atoms with Crippen LogP contribution in [0.4, 0.5) is 0 Å². The summed E-state index contributed by atoms with van der Waals surface area (Å²) in [5, 5.41) is 3.67. The Morgan fingerprint density at radius 3 is 2.50 bits per heavy atom. The highest BCUT2D eigenvalue weighted by Gasteiger charge is 2.16. The molecule has 0 saturated carbocycles. The number of benzene rings is 1. The van der Waals surface area contributed by atoms with E-state index in [1.165, 1.54) is 42.1 Å². The molecular formula is C18H30BrN. The minimum absolute atomic E-state index is 0.188. The summed E-state index contributed by atoms with van der Waals surface area (Å²) < 4.78 is 1.18. The highest BCUT2D eigenvalue weighted by atomic mass is 79.9. The topological polar surface area (TPSA) is 12.0 Å². The Kier molecular flexibility index (Phi) is 7.83. The van der Waals surface area contributed by atoms with Gasteiger partial charge in [-0.2, -0.15) is 0 Å². The van der Waals surface area contributed by atoms with Gasteiger partial charge < -0.3 is 5.32 Å². The molecule has 1 N–H and O–H groups in total. The monoisotopic (exact) mass is 339 g/mol. The van der Waals surface area contributed by atoms with Gasteiger partial charge in [-0.3, -0.25) is 0 Å². The fourth-order valence-electron chi connectivity index (χ4n) is 2.39. The van der Waals surface area contributed by atoms with Crippen LogP contribution in [0.5, 0.6) is 0 Å². The summed E-state index contributed by atoms with van der Waals surface area (Å²) in [5.74, 6) is 0.614. The van der Waals surface area contributed by atoms with Crippen LogP contribution in [0, 0.1) is 0 Å². The Morgan fingerprint density at radius 2 is 1.90 bits per heavy atom. The van der Waals surface area contributed by atoms with Crippen molar-refractivity contribution in [2.75, 3.05) is 6.54 Å². The van der Waals surface area contributed by atoms with E-state index in [9.17, 15) is 0 Å². The molecule has 0 aromatic heterocycles. The minimum atomic E-state index is 0.188. The fraction of sp³-hybridized carbons (Fsp3) is 0.667. The van der Waals surface area contributed by atoms with E-state index in [4.69, 9.17) is 0 Å². The molecule has 1 nitrogen and oxygen atoms in total. The molecule has 0 aliphatic carbocycles. The average Bonchev–Trinajstić information content (AvgIpc) is 2.36. The smallest absolute Gasteiger partial charge is 0.0178 e. The Bertz CT molecular complexity index is 381. The van der Waals surface area contributed by atoms with Crippen molar-refractivity contribution in [2.24, 2.45) is 0 Å². The molecule has 0 spiro atoms. The van der Waals surface area contributed by atoms with Crippen molar-refractivity contribution in [1.29, 1.82) is 0 Å². The van der Waals surface area contributed by atoms with E-state index in [0.29, 0.717) is 5.92 Å². The van der Waals surface area contributed by atoms with E-state index < -0.39 is 0 Å². The van der Waals surface area contributed by atoms with Crippen LogP contribution in [-0.2, 0) is 0 Å². The molecule has 1 atom stereocenters. The third kappa shape index (κ3) is 7.44. The lowest BCUT2D eigenvalue weighted by molar-refractivity contribution is 0.394. The van der Waals surface area contributed by atoms with E-state index in [1.807, 2.05) is 0 Å². The minimum Gasteiger partial charge on any atom is -0.311 e.